The highest BCUT2D eigenvalue weighted by Gasteiger charge is 2.32. The smallest absolute Gasteiger partial charge is 0.243 e. The van der Waals surface area contributed by atoms with Gasteiger partial charge in [0.25, 0.3) is 0 Å². The molecule has 1 aliphatic carbocycles. The van der Waals surface area contributed by atoms with E-state index in [9.17, 15) is 18.0 Å². The molecule has 1 saturated heterocycles. The van der Waals surface area contributed by atoms with Crippen molar-refractivity contribution in [3.05, 3.63) is 29.8 Å². The summed E-state index contributed by atoms with van der Waals surface area (Å²) < 4.78 is 26.9. The number of sulfonamides is 1. The maximum atomic E-state index is 12.7. The maximum absolute atomic E-state index is 12.7. The summed E-state index contributed by atoms with van der Waals surface area (Å²) in [4.78, 5) is 24.6. The van der Waals surface area contributed by atoms with Crippen molar-refractivity contribution in [1.29, 1.82) is 0 Å². The molecule has 1 heterocycles. The van der Waals surface area contributed by atoms with E-state index < -0.39 is 10.0 Å². The van der Waals surface area contributed by atoms with Crippen LogP contribution in [-0.4, -0.2) is 50.7 Å². The van der Waals surface area contributed by atoms with Gasteiger partial charge >= 0.3 is 0 Å². The largest absolute Gasteiger partial charge is 0.354 e. The first-order chi connectivity index (χ1) is 13.9. The van der Waals surface area contributed by atoms with Crippen molar-refractivity contribution in [2.45, 2.75) is 50.3 Å². The Kier molecular flexibility index (Phi) is 7.29. The Hall–Kier alpha value is -1.93. The van der Waals surface area contributed by atoms with Crippen LogP contribution >= 0.6 is 0 Å². The van der Waals surface area contributed by atoms with E-state index in [1.165, 1.54) is 4.31 Å². The van der Waals surface area contributed by atoms with Crippen LogP contribution in [-0.2, 0) is 19.6 Å². The molecule has 29 heavy (non-hydrogen) atoms. The summed E-state index contributed by atoms with van der Waals surface area (Å²) >= 11 is 0. The van der Waals surface area contributed by atoms with Gasteiger partial charge in [-0.1, -0.05) is 30.5 Å². The SMILES string of the molecule is Cc1ccc(S(=O)(=O)N2CCC(C(=O)NCCNC(=O)C3CCCC3)CC2)cc1. The van der Waals surface area contributed by atoms with Crippen LogP contribution in [0.4, 0.5) is 0 Å². The number of carbonyl (C=O) groups is 2. The molecule has 1 aromatic rings. The van der Waals surface area contributed by atoms with Crippen molar-refractivity contribution >= 4 is 21.8 Å². The Morgan fingerprint density at radius 1 is 0.897 bits per heavy atom. The summed E-state index contributed by atoms with van der Waals surface area (Å²) in [5.41, 5.74) is 1.01. The molecule has 7 nitrogen and oxygen atoms in total. The summed E-state index contributed by atoms with van der Waals surface area (Å²) in [6, 6.07) is 6.84. The highest BCUT2D eigenvalue weighted by atomic mass is 32.2. The molecule has 0 atom stereocenters. The molecule has 8 heteroatoms. The molecule has 0 radical (unpaired) electrons. The van der Waals surface area contributed by atoms with Gasteiger partial charge in [0.15, 0.2) is 0 Å². The molecule has 1 aliphatic heterocycles. The lowest BCUT2D eigenvalue weighted by Crippen LogP contribution is -2.44. The predicted molar refractivity (Wildman–Crippen MR) is 111 cm³/mol. The van der Waals surface area contributed by atoms with Crippen molar-refractivity contribution in [3.63, 3.8) is 0 Å². The summed E-state index contributed by atoms with van der Waals surface area (Å²) in [5, 5.41) is 5.76. The number of carbonyl (C=O) groups excluding carboxylic acids is 2. The quantitative estimate of drug-likeness (QED) is 0.657. The first-order valence-corrected chi connectivity index (χ1v) is 11.9. The van der Waals surface area contributed by atoms with Gasteiger partial charge in [0.1, 0.15) is 0 Å². The summed E-state index contributed by atoms with van der Waals surface area (Å²) in [6.07, 6.45) is 5.17. The molecule has 1 saturated carbocycles. The summed E-state index contributed by atoms with van der Waals surface area (Å²) in [6.45, 7) is 3.43. The van der Waals surface area contributed by atoms with Crippen LogP contribution in [0.15, 0.2) is 29.2 Å². The van der Waals surface area contributed by atoms with E-state index in [-0.39, 0.29) is 23.7 Å². The van der Waals surface area contributed by atoms with Gasteiger partial charge in [0.2, 0.25) is 21.8 Å². The van der Waals surface area contributed by atoms with Crippen LogP contribution in [0.5, 0.6) is 0 Å². The van der Waals surface area contributed by atoms with Crippen molar-refractivity contribution in [1.82, 2.24) is 14.9 Å². The lowest BCUT2D eigenvalue weighted by Gasteiger charge is -2.30. The first-order valence-electron chi connectivity index (χ1n) is 10.5. The third-order valence-corrected chi connectivity index (χ3v) is 7.85. The van der Waals surface area contributed by atoms with E-state index in [1.807, 2.05) is 6.92 Å². The number of piperidine rings is 1. The normalized spacial score (nSPS) is 19.2. The van der Waals surface area contributed by atoms with E-state index >= 15 is 0 Å². The van der Waals surface area contributed by atoms with Crippen LogP contribution < -0.4 is 10.6 Å². The molecule has 2 fully saturated rings. The Bertz CT molecular complexity index is 809. The number of hydrogen-bond acceptors (Lipinski definition) is 4. The second kappa shape index (κ2) is 9.71. The van der Waals surface area contributed by atoms with Gasteiger partial charge in [0.05, 0.1) is 4.90 Å². The van der Waals surface area contributed by atoms with Gasteiger partial charge in [-0.2, -0.15) is 4.31 Å². The van der Waals surface area contributed by atoms with E-state index in [1.54, 1.807) is 24.3 Å². The molecular weight excluding hydrogens is 390 g/mol. The second-order valence-electron chi connectivity index (χ2n) is 8.05. The molecular formula is C21H31N3O4S. The molecule has 2 amide bonds. The summed E-state index contributed by atoms with van der Waals surface area (Å²) in [7, 11) is -3.51. The van der Waals surface area contributed by atoms with Gasteiger partial charge < -0.3 is 10.6 Å². The third kappa shape index (κ3) is 5.57. The zero-order valence-corrected chi connectivity index (χ0v) is 17.8. The van der Waals surface area contributed by atoms with Crippen molar-refractivity contribution in [3.8, 4) is 0 Å². The second-order valence-corrected chi connectivity index (χ2v) is 9.99. The fraction of sp³-hybridized carbons (Fsp3) is 0.619. The molecule has 1 aromatic carbocycles. The number of amides is 2. The van der Waals surface area contributed by atoms with E-state index in [0.717, 1.165) is 31.2 Å². The zero-order chi connectivity index (χ0) is 20.9. The molecule has 160 valence electrons. The number of benzene rings is 1. The fourth-order valence-electron chi connectivity index (χ4n) is 4.07. The standard InChI is InChI=1S/C21H31N3O4S/c1-16-6-8-19(9-7-16)29(27,28)24-14-10-18(11-15-24)21(26)23-13-12-22-20(25)17-4-2-3-5-17/h6-9,17-18H,2-5,10-15H2,1H3,(H,22,25)(H,23,26). The Morgan fingerprint density at radius 3 is 1.90 bits per heavy atom. The van der Waals surface area contributed by atoms with E-state index in [2.05, 4.69) is 10.6 Å². The first kappa shape index (κ1) is 21.8. The van der Waals surface area contributed by atoms with Crippen LogP contribution in [0.1, 0.15) is 44.1 Å². The molecule has 3 rings (SSSR count). The molecule has 2 aliphatic rings. The number of nitrogens with zero attached hydrogens (tertiary/aromatic N) is 1. The van der Waals surface area contributed by atoms with Gasteiger partial charge in [-0.05, 0) is 44.7 Å². The highest BCUT2D eigenvalue weighted by molar-refractivity contribution is 7.89. The van der Waals surface area contributed by atoms with Gasteiger partial charge in [-0.15, -0.1) is 0 Å². The zero-order valence-electron chi connectivity index (χ0n) is 17.0. The lowest BCUT2D eigenvalue weighted by atomic mass is 9.97. The molecule has 0 unspecified atom stereocenters. The Morgan fingerprint density at radius 2 is 1.38 bits per heavy atom. The van der Waals surface area contributed by atoms with Crippen molar-refractivity contribution in [2.24, 2.45) is 11.8 Å². The fourth-order valence-corrected chi connectivity index (χ4v) is 5.54. The Balaban J connectivity index is 1.40. The topological polar surface area (TPSA) is 95.6 Å². The lowest BCUT2D eigenvalue weighted by molar-refractivity contribution is -0.127. The monoisotopic (exact) mass is 421 g/mol. The minimum absolute atomic E-state index is 0.0625. The molecule has 0 bridgehead atoms. The molecule has 0 aromatic heterocycles. The van der Waals surface area contributed by atoms with Crippen LogP contribution in [0.2, 0.25) is 0 Å². The average Bonchev–Trinajstić information content (AvgIpc) is 3.26. The number of nitrogens with one attached hydrogen (secondary N) is 2. The van der Waals surface area contributed by atoms with E-state index in [4.69, 9.17) is 0 Å². The van der Waals surface area contributed by atoms with Gasteiger partial charge in [-0.25, -0.2) is 8.42 Å². The number of rotatable bonds is 7. The van der Waals surface area contributed by atoms with Crippen molar-refractivity contribution < 1.29 is 18.0 Å². The van der Waals surface area contributed by atoms with Crippen LogP contribution in [0.25, 0.3) is 0 Å². The maximum Gasteiger partial charge on any atom is 0.243 e. The molecule has 2 N–H and O–H groups in total. The number of hydrogen-bond donors (Lipinski definition) is 2. The van der Waals surface area contributed by atoms with Crippen molar-refractivity contribution in [2.75, 3.05) is 26.2 Å². The number of aryl methyl sites for hydroxylation is 1. The van der Waals surface area contributed by atoms with E-state index in [0.29, 0.717) is 43.9 Å². The molecule has 0 spiro atoms. The van der Waals surface area contributed by atoms with Crippen LogP contribution in [0, 0.1) is 18.8 Å². The van der Waals surface area contributed by atoms with Gasteiger partial charge in [0, 0.05) is 38.0 Å². The predicted octanol–water partition coefficient (Wildman–Crippen LogP) is 1.82. The van der Waals surface area contributed by atoms with Gasteiger partial charge in [-0.3, -0.25) is 9.59 Å². The highest BCUT2D eigenvalue weighted by Crippen LogP contribution is 2.25. The Labute approximate surface area is 173 Å². The minimum atomic E-state index is -3.51. The van der Waals surface area contributed by atoms with Crippen LogP contribution in [0.3, 0.4) is 0 Å². The third-order valence-electron chi connectivity index (χ3n) is 5.93. The average molecular weight is 422 g/mol. The summed E-state index contributed by atoms with van der Waals surface area (Å²) in [5.74, 6) is -0.0330. The minimum Gasteiger partial charge on any atom is -0.354 e.